The molecular formula is C17H26O4. The van der Waals surface area contributed by atoms with Crippen LogP contribution in [0.4, 0.5) is 0 Å². The molecule has 4 heteroatoms. The Morgan fingerprint density at radius 3 is 2.76 bits per heavy atom. The summed E-state index contributed by atoms with van der Waals surface area (Å²) in [5.41, 5.74) is 0.228. The van der Waals surface area contributed by atoms with Crippen molar-refractivity contribution in [1.29, 1.82) is 0 Å². The first-order valence-electron chi connectivity index (χ1n) is 7.82. The first-order valence-corrected chi connectivity index (χ1v) is 7.82. The van der Waals surface area contributed by atoms with E-state index in [2.05, 4.69) is 20.8 Å². The standard InChI is InChI=1S/C17H26O4/c1-10(2)14-6-5-11(3)7-16(14)20-9-13-8-15(17(18)19)12(4)21-13/h8,10-11,14,16H,5-7,9H2,1-4H3,(H,18,19). The molecule has 1 aliphatic rings. The molecule has 118 valence electrons. The van der Waals surface area contributed by atoms with Crippen molar-refractivity contribution in [3.63, 3.8) is 0 Å². The van der Waals surface area contributed by atoms with E-state index < -0.39 is 5.97 Å². The molecule has 3 atom stereocenters. The van der Waals surface area contributed by atoms with Gasteiger partial charge in [0.25, 0.3) is 0 Å². The lowest BCUT2D eigenvalue weighted by atomic mass is 9.75. The van der Waals surface area contributed by atoms with Crippen LogP contribution in [0.25, 0.3) is 0 Å². The van der Waals surface area contributed by atoms with Crippen LogP contribution < -0.4 is 0 Å². The van der Waals surface area contributed by atoms with Crippen LogP contribution in [0.15, 0.2) is 10.5 Å². The van der Waals surface area contributed by atoms with Gasteiger partial charge in [-0.05, 0) is 43.6 Å². The summed E-state index contributed by atoms with van der Waals surface area (Å²) in [6.45, 7) is 8.79. The summed E-state index contributed by atoms with van der Waals surface area (Å²) in [6, 6.07) is 1.58. The summed E-state index contributed by atoms with van der Waals surface area (Å²) >= 11 is 0. The maximum Gasteiger partial charge on any atom is 0.339 e. The van der Waals surface area contributed by atoms with E-state index in [1.165, 1.54) is 12.8 Å². The van der Waals surface area contributed by atoms with Gasteiger partial charge in [-0.3, -0.25) is 0 Å². The average Bonchev–Trinajstić information content (AvgIpc) is 2.77. The van der Waals surface area contributed by atoms with E-state index >= 15 is 0 Å². The van der Waals surface area contributed by atoms with E-state index in [1.807, 2.05) is 0 Å². The highest BCUT2D eigenvalue weighted by atomic mass is 16.5. The molecule has 0 amide bonds. The number of hydrogen-bond acceptors (Lipinski definition) is 3. The lowest BCUT2D eigenvalue weighted by Crippen LogP contribution is -2.34. The zero-order valence-corrected chi connectivity index (χ0v) is 13.4. The van der Waals surface area contributed by atoms with Gasteiger partial charge in [-0.2, -0.15) is 0 Å². The molecule has 3 unspecified atom stereocenters. The number of hydrogen-bond donors (Lipinski definition) is 1. The molecule has 0 bridgehead atoms. The van der Waals surface area contributed by atoms with E-state index in [1.54, 1.807) is 13.0 Å². The van der Waals surface area contributed by atoms with Crippen molar-refractivity contribution >= 4 is 5.97 Å². The third kappa shape index (κ3) is 3.88. The Bertz CT molecular complexity index is 489. The van der Waals surface area contributed by atoms with Crippen LogP contribution in [-0.2, 0) is 11.3 Å². The number of rotatable bonds is 5. The van der Waals surface area contributed by atoms with Crippen molar-refractivity contribution in [2.45, 2.75) is 59.7 Å². The normalized spacial score (nSPS) is 26.2. The maximum absolute atomic E-state index is 11.0. The molecule has 0 spiro atoms. The minimum absolute atomic E-state index is 0.228. The van der Waals surface area contributed by atoms with Crippen molar-refractivity contribution in [3.05, 3.63) is 23.2 Å². The average molecular weight is 294 g/mol. The maximum atomic E-state index is 11.0. The first-order chi connectivity index (χ1) is 9.88. The zero-order valence-electron chi connectivity index (χ0n) is 13.4. The third-order valence-corrected chi connectivity index (χ3v) is 4.60. The number of carbonyl (C=O) groups is 1. The fraction of sp³-hybridized carbons (Fsp3) is 0.706. The lowest BCUT2D eigenvalue weighted by Gasteiger charge is -2.37. The van der Waals surface area contributed by atoms with Crippen LogP contribution in [0.5, 0.6) is 0 Å². The summed E-state index contributed by atoms with van der Waals surface area (Å²) in [5.74, 6) is 1.97. The Kier molecular flexibility index (Phi) is 5.09. The third-order valence-electron chi connectivity index (χ3n) is 4.60. The molecule has 1 aromatic heterocycles. The van der Waals surface area contributed by atoms with Crippen LogP contribution in [0.2, 0.25) is 0 Å². The predicted molar refractivity (Wildman–Crippen MR) is 80.3 cm³/mol. The van der Waals surface area contributed by atoms with Crippen LogP contribution in [-0.4, -0.2) is 17.2 Å². The highest BCUT2D eigenvalue weighted by Crippen LogP contribution is 2.35. The molecule has 0 aromatic carbocycles. The molecule has 1 N–H and O–H groups in total. The topological polar surface area (TPSA) is 59.7 Å². The second kappa shape index (κ2) is 6.65. The van der Waals surface area contributed by atoms with E-state index in [4.69, 9.17) is 14.3 Å². The van der Waals surface area contributed by atoms with Gasteiger partial charge < -0.3 is 14.3 Å². The Morgan fingerprint density at radius 1 is 1.48 bits per heavy atom. The Labute approximate surface area is 126 Å². The van der Waals surface area contributed by atoms with Gasteiger partial charge in [-0.1, -0.05) is 27.2 Å². The van der Waals surface area contributed by atoms with Crippen molar-refractivity contribution in [3.8, 4) is 0 Å². The van der Waals surface area contributed by atoms with Crippen LogP contribution in [0, 0.1) is 24.7 Å². The molecule has 1 fully saturated rings. The van der Waals surface area contributed by atoms with E-state index in [-0.39, 0.29) is 11.7 Å². The molecule has 0 aliphatic heterocycles. The monoisotopic (exact) mass is 294 g/mol. The molecule has 0 saturated heterocycles. The van der Waals surface area contributed by atoms with Gasteiger partial charge in [0.15, 0.2) is 0 Å². The summed E-state index contributed by atoms with van der Waals surface area (Å²) in [7, 11) is 0. The van der Waals surface area contributed by atoms with Gasteiger partial charge in [-0.15, -0.1) is 0 Å². The molecule has 1 aromatic rings. The van der Waals surface area contributed by atoms with E-state index in [9.17, 15) is 4.79 Å². The molecule has 1 heterocycles. The SMILES string of the molecule is Cc1oc(COC2CC(C)CCC2C(C)C)cc1C(=O)O. The largest absolute Gasteiger partial charge is 0.478 e. The van der Waals surface area contributed by atoms with Gasteiger partial charge in [0, 0.05) is 0 Å². The van der Waals surface area contributed by atoms with Crippen molar-refractivity contribution < 1.29 is 19.1 Å². The number of carboxylic acids is 1. The van der Waals surface area contributed by atoms with Gasteiger partial charge in [0.05, 0.1) is 6.10 Å². The second-order valence-corrected chi connectivity index (χ2v) is 6.66. The number of furan rings is 1. The Balaban J connectivity index is 2.00. The lowest BCUT2D eigenvalue weighted by molar-refractivity contribution is -0.0524. The van der Waals surface area contributed by atoms with Crippen molar-refractivity contribution in [1.82, 2.24) is 0 Å². The number of carboxylic acid groups (broad SMARTS) is 1. The molecule has 21 heavy (non-hydrogen) atoms. The van der Waals surface area contributed by atoms with Crippen LogP contribution in [0.3, 0.4) is 0 Å². The quantitative estimate of drug-likeness (QED) is 0.881. The Hall–Kier alpha value is -1.29. The number of aromatic carboxylic acids is 1. The van der Waals surface area contributed by atoms with Gasteiger partial charge in [0.2, 0.25) is 0 Å². The highest BCUT2D eigenvalue weighted by Gasteiger charge is 2.31. The summed E-state index contributed by atoms with van der Waals surface area (Å²) in [6.07, 6.45) is 3.80. The minimum atomic E-state index is -0.950. The van der Waals surface area contributed by atoms with Crippen molar-refractivity contribution in [2.75, 3.05) is 0 Å². The van der Waals surface area contributed by atoms with Gasteiger partial charge in [0.1, 0.15) is 23.7 Å². The van der Waals surface area contributed by atoms with Crippen LogP contribution >= 0.6 is 0 Å². The smallest absolute Gasteiger partial charge is 0.339 e. The molecular weight excluding hydrogens is 268 g/mol. The van der Waals surface area contributed by atoms with Gasteiger partial charge in [-0.25, -0.2) is 4.79 Å². The van der Waals surface area contributed by atoms with Crippen LogP contribution in [0.1, 0.15) is 61.9 Å². The molecule has 1 saturated carbocycles. The van der Waals surface area contributed by atoms with Gasteiger partial charge >= 0.3 is 5.97 Å². The summed E-state index contributed by atoms with van der Waals surface area (Å²) in [5, 5.41) is 9.04. The minimum Gasteiger partial charge on any atom is -0.478 e. The second-order valence-electron chi connectivity index (χ2n) is 6.66. The molecule has 2 rings (SSSR count). The number of ether oxygens (including phenoxy) is 1. The first kappa shape index (κ1) is 16.1. The fourth-order valence-electron chi connectivity index (χ4n) is 3.32. The highest BCUT2D eigenvalue weighted by molar-refractivity contribution is 5.88. The van der Waals surface area contributed by atoms with Crippen molar-refractivity contribution in [2.24, 2.45) is 17.8 Å². The van der Waals surface area contributed by atoms with E-state index in [0.29, 0.717) is 35.9 Å². The molecule has 0 radical (unpaired) electrons. The molecule has 1 aliphatic carbocycles. The zero-order chi connectivity index (χ0) is 15.6. The van der Waals surface area contributed by atoms with E-state index in [0.717, 1.165) is 6.42 Å². The Morgan fingerprint density at radius 2 is 2.19 bits per heavy atom. The predicted octanol–water partition coefficient (Wildman–Crippen LogP) is 4.26. The summed E-state index contributed by atoms with van der Waals surface area (Å²) < 4.78 is 11.6. The fourth-order valence-corrected chi connectivity index (χ4v) is 3.32. The number of aryl methyl sites for hydroxylation is 1. The molecule has 4 nitrogen and oxygen atoms in total. The summed E-state index contributed by atoms with van der Waals surface area (Å²) in [4.78, 5) is 11.0.